The van der Waals surface area contributed by atoms with Crippen molar-refractivity contribution < 1.29 is 4.84 Å². The van der Waals surface area contributed by atoms with Crippen LogP contribution in [0.4, 0.5) is 0 Å². The molecule has 0 radical (unpaired) electrons. The van der Waals surface area contributed by atoms with Crippen LogP contribution < -0.4 is 5.48 Å². The second kappa shape index (κ2) is 2.31. The van der Waals surface area contributed by atoms with Crippen molar-refractivity contribution in [1.29, 1.82) is 0 Å². The van der Waals surface area contributed by atoms with Gasteiger partial charge in [-0.15, -0.1) is 0 Å². The zero-order valence-corrected chi connectivity index (χ0v) is 5.63. The van der Waals surface area contributed by atoms with E-state index in [1.165, 1.54) is 11.1 Å². The van der Waals surface area contributed by atoms with Crippen LogP contribution in [0.5, 0.6) is 0 Å². The van der Waals surface area contributed by atoms with Crippen LogP contribution in [0.1, 0.15) is 6.42 Å². The Hall–Kier alpha value is -1.02. The summed E-state index contributed by atoms with van der Waals surface area (Å²) in [5.41, 5.74) is 5.38. The van der Waals surface area contributed by atoms with Crippen LogP contribution >= 0.6 is 0 Å². The first-order valence-electron chi connectivity index (χ1n) is 3.39. The molecule has 0 aromatic rings. The van der Waals surface area contributed by atoms with Crippen molar-refractivity contribution in [3.8, 4) is 0 Å². The average molecular weight is 135 g/mol. The number of fused-ring (bicyclic) bond motifs is 1. The molecule has 1 heterocycles. The second-order valence-electron chi connectivity index (χ2n) is 2.40. The van der Waals surface area contributed by atoms with Gasteiger partial charge in [0, 0.05) is 6.20 Å². The van der Waals surface area contributed by atoms with Crippen LogP contribution in [-0.4, -0.2) is 6.61 Å². The van der Waals surface area contributed by atoms with Crippen LogP contribution in [0.3, 0.4) is 0 Å². The molecule has 0 atom stereocenters. The monoisotopic (exact) mass is 135 g/mol. The summed E-state index contributed by atoms with van der Waals surface area (Å²) in [4.78, 5) is 5.01. The molecule has 0 amide bonds. The minimum Gasteiger partial charge on any atom is -0.274 e. The molecule has 0 fully saturated rings. The van der Waals surface area contributed by atoms with E-state index in [-0.39, 0.29) is 0 Å². The number of hydroxylamine groups is 1. The first-order chi connectivity index (χ1) is 4.97. The smallest absolute Gasteiger partial charge is 0.0999 e. The van der Waals surface area contributed by atoms with Gasteiger partial charge in [0.05, 0.1) is 6.61 Å². The van der Waals surface area contributed by atoms with Gasteiger partial charge < -0.3 is 0 Å². The van der Waals surface area contributed by atoms with E-state index in [9.17, 15) is 0 Å². The van der Waals surface area contributed by atoms with Gasteiger partial charge in [-0.3, -0.25) is 10.3 Å². The van der Waals surface area contributed by atoms with Crippen molar-refractivity contribution in [2.45, 2.75) is 6.42 Å². The number of hydrogen-bond acceptors (Lipinski definition) is 2. The lowest BCUT2D eigenvalue weighted by molar-refractivity contribution is 0.0826. The molecule has 0 bridgehead atoms. The summed E-state index contributed by atoms with van der Waals surface area (Å²) >= 11 is 0. The van der Waals surface area contributed by atoms with Crippen molar-refractivity contribution in [3.05, 3.63) is 35.6 Å². The Kier molecular flexibility index (Phi) is 1.32. The molecule has 0 spiro atoms. The number of allylic oxidation sites excluding steroid dienone is 3. The third-order valence-electron chi connectivity index (χ3n) is 1.73. The number of nitrogens with one attached hydrogen (secondary N) is 1. The Bertz CT molecular complexity index is 225. The number of hydrogen-bond donors (Lipinski definition) is 1. The third-order valence-corrected chi connectivity index (χ3v) is 1.73. The lowest BCUT2D eigenvalue weighted by Gasteiger charge is -2.18. The Morgan fingerprint density at radius 3 is 3.30 bits per heavy atom. The van der Waals surface area contributed by atoms with Gasteiger partial charge in [0.2, 0.25) is 0 Å². The SMILES string of the molecule is C1=CCC2=CNOCC2=C1. The van der Waals surface area contributed by atoms with E-state index in [0.29, 0.717) is 6.61 Å². The molecule has 0 aromatic heterocycles. The van der Waals surface area contributed by atoms with Gasteiger partial charge >= 0.3 is 0 Å². The van der Waals surface area contributed by atoms with Gasteiger partial charge in [-0.25, -0.2) is 0 Å². The zero-order valence-electron chi connectivity index (χ0n) is 5.63. The highest BCUT2D eigenvalue weighted by Gasteiger charge is 2.09. The summed E-state index contributed by atoms with van der Waals surface area (Å²) in [6.07, 6.45) is 9.25. The summed E-state index contributed by atoms with van der Waals surface area (Å²) < 4.78 is 0. The second-order valence-corrected chi connectivity index (χ2v) is 2.40. The summed E-state index contributed by atoms with van der Waals surface area (Å²) in [6.45, 7) is 0.691. The van der Waals surface area contributed by atoms with E-state index in [4.69, 9.17) is 4.84 Å². The highest BCUT2D eigenvalue weighted by molar-refractivity contribution is 5.39. The molecule has 1 aliphatic heterocycles. The quantitative estimate of drug-likeness (QED) is 0.540. The lowest BCUT2D eigenvalue weighted by atomic mass is 9.99. The van der Waals surface area contributed by atoms with Crippen LogP contribution in [0.15, 0.2) is 35.6 Å². The molecule has 0 saturated carbocycles. The minimum absolute atomic E-state index is 0.691. The van der Waals surface area contributed by atoms with Crippen LogP contribution in [-0.2, 0) is 4.84 Å². The Morgan fingerprint density at radius 2 is 2.40 bits per heavy atom. The normalized spacial score (nSPS) is 22.4. The van der Waals surface area contributed by atoms with E-state index in [1.807, 2.05) is 6.20 Å². The van der Waals surface area contributed by atoms with Crippen LogP contribution in [0, 0.1) is 0 Å². The van der Waals surface area contributed by atoms with E-state index in [0.717, 1.165) is 6.42 Å². The molecule has 2 rings (SSSR count). The maximum Gasteiger partial charge on any atom is 0.0999 e. The van der Waals surface area contributed by atoms with E-state index < -0.39 is 0 Å². The van der Waals surface area contributed by atoms with Crippen molar-refractivity contribution in [1.82, 2.24) is 5.48 Å². The minimum atomic E-state index is 0.691. The molecule has 1 aliphatic carbocycles. The predicted octanol–water partition coefficient (Wildman–Crippen LogP) is 1.29. The Morgan fingerprint density at radius 1 is 1.40 bits per heavy atom. The molecule has 10 heavy (non-hydrogen) atoms. The zero-order chi connectivity index (χ0) is 6.81. The van der Waals surface area contributed by atoms with Gasteiger partial charge in [0.1, 0.15) is 0 Å². The molecule has 2 nitrogen and oxygen atoms in total. The fourth-order valence-corrected chi connectivity index (χ4v) is 1.14. The van der Waals surface area contributed by atoms with Gasteiger partial charge in [-0.2, -0.15) is 0 Å². The summed E-state index contributed by atoms with van der Waals surface area (Å²) in [5.74, 6) is 0. The van der Waals surface area contributed by atoms with Gasteiger partial charge in [-0.1, -0.05) is 18.2 Å². The molecule has 0 saturated heterocycles. The van der Waals surface area contributed by atoms with E-state index in [1.54, 1.807) is 0 Å². The molecular weight excluding hydrogens is 126 g/mol. The first-order valence-corrected chi connectivity index (χ1v) is 3.39. The van der Waals surface area contributed by atoms with Crippen molar-refractivity contribution in [3.63, 3.8) is 0 Å². The van der Waals surface area contributed by atoms with Crippen molar-refractivity contribution in [2.75, 3.05) is 6.61 Å². The Balaban J connectivity index is 2.32. The lowest BCUT2D eigenvalue weighted by Crippen LogP contribution is -2.18. The molecule has 2 aliphatic rings. The molecular formula is C8H9NO. The molecule has 1 N–H and O–H groups in total. The van der Waals surface area contributed by atoms with E-state index in [2.05, 4.69) is 23.7 Å². The molecule has 52 valence electrons. The van der Waals surface area contributed by atoms with E-state index >= 15 is 0 Å². The largest absolute Gasteiger partial charge is 0.274 e. The summed E-state index contributed by atoms with van der Waals surface area (Å²) in [7, 11) is 0. The third kappa shape index (κ3) is 0.866. The fraction of sp³-hybridized carbons (Fsp3) is 0.250. The standard InChI is InChI=1S/C8H9NO/c1-2-4-8-6-10-9-5-7(8)3-1/h1-2,4-5,9H,3,6H2. The van der Waals surface area contributed by atoms with Crippen molar-refractivity contribution in [2.24, 2.45) is 0 Å². The maximum absolute atomic E-state index is 5.01. The average Bonchev–Trinajstić information content (AvgIpc) is 2.05. The Labute approximate surface area is 59.8 Å². The van der Waals surface area contributed by atoms with Gasteiger partial charge in [0.15, 0.2) is 0 Å². The fourth-order valence-electron chi connectivity index (χ4n) is 1.14. The predicted molar refractivity (Wildman–Crippen MR) is 39.0 cm³/mol. The van der Waals surface area contributed by atoms with Crippen LogP contribution in [0.25, 0.3) is 0 Å². The highest BCUT2D eigenvalue weighted by Crippen LogP contribution is 2.20. The first kappa shape index (κ1) is 5.74. The topological polar surface area (TPSA) is 21.3 Å². The number of rotatable bonds is 0. The maximum atomic E-state index is 5.01. The summed E-state index contributed by atoms with van der Waals surface area (Å²) in [5, 5.41) is 0. The molecule has 0 unspecified atom stereocenters. The van der Waals surface area contributed by atoms with Gasteiger partial charge in [0.25, 0.3) is 0 Å². The molecule has 0 aromatic carbocycles. The summed E-state index contributed by atoms with van der Waals surface area (Å²) in [6, 6.07) is 0. The van der Waals surface area contributed by atoms with Crippen LogP contribution in [0.2, 0.25) is 0 Å². The highest BCUT2D eigenvalue weighted by atomic mass is 16.6. The van der Waals surface area contributed by atoms with Crippen molar-refractivity contribution >= 4 is 0 Å². The van der Waals surface area contributed by atoms with Gasteiger partial charge in [-0.05, 0) is 17.6 Å². The molecule has 2 heteroatoms.